The lowest BCUT2D eigenvalue weighted by Crippen LogP contribution is -2.18. The lowest BCUT2D eigenvalue weighted by Gasteiger charge is -2.19. The fraction of sp³-hybridized carbons (Fsp3) is 0.250. The Balaban J connectivity index is 2.17. The summed E-state index contributed by atoms with van der Waals surface area (Å²) in [5.41, 5.74) is 8.71. The highest BCUT2D eigenvalue weighted by Crippen LogP contribution is 2.17. The van der Waals surface area contributed by atoms with Crippen molar-refractivity contribution in [3.63, 3.8) is 0 Å². The van der Waals surface area contributed by atoms with Crippen molar-refractivity contribution in [3.8, 4) is 6.07 Å². The molecule has 102 valence electrons. The van der Waals surface area contributed by atoms with E-state index in [4.69, 9.17) is 11.0 Å². The standard InChI is InChI=1S/C16H18N4/c1-12(18)15-6-7-19-16(9-15)20(2)11-14-5-3-4-13(8-14)10-17/h3-9,12H,11,18H2,1-2H3. The van der Waals surface area contributed by atoms with Crippen LogP contribution in [0, 0.1) is 11.3 Å². The Kier molecular flexibility index (Phi) is 4.34. The molecule has 0 radical (unpaired) electrons. The molecule has 0 amide bonds. The van der Waals surface area contributed by atoms with Gasteiger partial charge in [-0.25, -0.2) is 4.98 Å². The van der Waals surface area contributed by atoms with E-state index in [0.29, 0.717) is 12.1 Å². The van der Waals surface area contributed by atoms with Gasteiger partial charge in [0, 0.05) is 25.8 Å². The van der Waals surface area contributed by atoms with Crippen molar-refractivity contribution in [1.82, 2.24) is 4.98 Å². The first kappa shape index (κ1) is 14.0. The summed E-state index contributed by atoms with van der Waals surface area (Å²) >= 11 is 0. The number of benzene rings is 1. The summed E-state index contributed by atoms with van der Waals surface area (Å²) in [6, 6.07) is 13.7. The summed E-state index contributed by atoms with van der Waals surface area (Å²) in [5.74, 6) is 0.877. The molecular weight excluding hydrogens is 248 g/mol. The molecule has 1 heterocycles. The number of aromatic nitrogens is 1. The van der Waals surface area contributed by atoms with Gasteiger partial charge in [-0.3, -0.25) is 0 Å². The fourth-order valence-corrected chi connectivity index (χ4v) is 2.02. The maximum atomic E-state index is 8.92. The Morgan fingerprint density at radius 1 is 1.35 bits per heavy atom. The number of pyridine rings is 1. The van der Waals surface area contributed by atoms with Crippen molar-refractivity contribution in [1.29, 1.82) is 5.26 Å². The minimum absolute atomic E-state index is 0.00735. The van der Waals surface area contributed by atoms with Gasteiger partial charge in [0.2, 0.25) is 0 Å². The summed E-state index contributed by atoms with van der Waals surface area (Å²) < 4.78 is 0. The zero-order chi connectivity index (χ0) is 14.5. The third kappa shape index (κ3) is 3.34. The second-order valence-corrected chi connectivity index (χ2v) is 4.90. The van der Waals surface area contributed by atoms with Gasteiger partial charge in [-0.15, -0.1) is 0 Å². The predicted octanol–water partition coefficient (Wildman–Crippen LogP) is 2.61. The topological polar surface area (TPSA) is 65.9 Å². The van der Waals surface area contributed by atoms with Crippen molar-refractivity contribution in [2.75, 3.05) is 11.9 Å². The monoisotopic (exact) mass is 266 g/mol. The number of anilines is 1. The lowest BCUT2D eigenvalue weighted by atomic mass is 10.1. The van der Waals surface area contributed by atoms with E-state index >= 15 is 0 Å². The van der Waals surface area contributed by atoms with Gasteiger partial charge in [0.25, 0.3) is 0 Å². The minimum atomic E-state index is -0.00735. The van der Waals surface area contributed by atoms with Crippen LogP contribution in [0.25, 0.3) is 0 Å². The van der Waals surface area contributed by atoms with Gasteiger partial charge < -0.3 is 10.6 Å². The van der Waals surface area contributed by atoms with Crippen LogP contribution >= 0.6 is 0 Å². The molecule has 1 unspecified atom stereocenters. The van der Waals surface area contributed by atoms with E-state index in [1.165, 1.54) is 0 Å². The van der Waals surface area contributed by atoms with Crippen molar-refractivity contribution in [3.05, 3.63) is 59.3 Å². The molecule has 0 aliphatic carbocycles. The molecular formula is C16H18N4. The molecule has 0 saturated heterocycles. The number of hydrogen-bond donors (Lipinski definition) is 1. The van der Waals surface area contributed by atoms with E-state index < -0.39 is 0 Å². The van der Waals surface area contributed by atoms with E-state index in [2.05, 4.69) is 11.1 Å². The van der Waals surface area contributed by atoms with Crippen LogP contribution in [0.4, 0.5) is 5.82 Å². The normalized spacial score (nSPS) is 11.7. The van der Waals surface area contributed by atoms with E-state index in [-0.39, 0.29) is 6.04 Å². The highest BCUT2D eigenvalue weighted by molar-refractivity contribution is 5.42. The molecule has 2 N–H and O–H groups in total. The van der Waals surface area contributed by atoms with Crippen LogP contribution in [-0.4, -0.2) is 12.0 Å². The first-order valence-electron chi connectivity index (χ1n) is 6.52. The van der Waals surface area contributed by atoms with E-state index in [9.17, 15) is 0 Å². The Hall–Kier alpha value is -2.38. The molecule has 2 aromatic rings. The Labute approximate surface area is 119 Å². The summed E-state index contributed by atoms with van der Waals surface area (Å²) in [4.78, 5) is 6.41. The second-order valence-electron chi connectivity index (χ2n) is 4.90. The van der Waals surface area contributed by atoms with Crippen LogP contribution in [0.5, 0.6) is 0 Å². The quantitative estimate of drug-likeness (QED) is 0.923. The predicted molar refractivity (Wildman–Crippen MR) is 80.1 cm³/mol. The lowest BCUT2D eigenvalue weighted by molar-refractivity contribution is 0.809. The number of nitrogens with zero attached hydrogens (tertiary/aromatic N) is 3. The fourth-order valence-electron chi connectivity index (χ4n) is 2.02. The average molecular weight is 266 g/mol. The average Bonchev–Trinajstić information content (AvgIpc) is 2.47. The first-order chi connectivity index (χ1) is 9.60. The molecule has 0 bridgehead atoms. The number of hydrogen-bond acceptors (Lipinski definition) is 4. The number of nitrogens with two attached hydrogens (primary N) is 1. The molecule has 1 aromatic carbocycles. The molecule has 1 aromatic heterocycles. The second kappa shape index (κ2) is 6.18. The van der Waals surface area contributed by atoms with Crippen molar-refractivity contribution in [2.24, 2.45) is 5.73 Å². The Morgan fingerprint density at radius 3 is 2.85 bits per heavy atom. The van der Waals surface area contributed by atoms with Gasteiger partial charge in [-0.05, 0) is 42.3 Å². The summed E-state index contributed by atoms with van der Waals surface area (Å²) in [5, 5.41) is 8.92. The molecule has 0 aliphatic heterocycles. The Morgan fingerprint density at radius 2 is 2.15 bits per heavy atom. The van der Waals surface area contributed by atoms with Gasteiger partial charge in [-0.2, -0.15) is 5.26 Å². The molecule has 2 rings (SSSR count). The SMILES string of the molecule is CC(N)c1ccnc(N(C)Cc2cccc(C#N)c2)c1. The zero-order valence-electron chi connectivity index (χ0n) is 11.7. The summed E-state index contributed by atoms with van der Waals surface area (Å²) in [7, 11) is 1.98. The molecule has 1 atom stereocenters. The minimum Gasteiger partial charge on any atom is -0.355 e. The van der Waals surface area contributed by atoms with Crippen LogP contribution < -0.4 is 10.6 Å². The van der Waals surface area contributed by atoms with Crippen LogP contribution in [-0.2, 0) is 6.54 Å². The maximum absolute atomic E-state index is 8.92. The molecule has 4 heteroatoms. The highest BCUT2D eigenvalue weighted by Gasteiger charge is 2.07. The zero-order valence-corrected chi connectivity index (χ0v) is 11.7. The summed E-state index contributed by atoms with van der Waals surface area (Å²) in [6.45, 7) is 2.65. The van der Waals surface area contributed by atoms with Gasteiger partial charge >= 0.3 is 0 Å². The molecule has 4 nitrogen and oxygen atoms in total. The largest absolute Gasteiger partial charge is 0.355 e. The van der Waals surface area contributed by atoms with Crippen LogP contribution in [0.1, 0.15) is 29.7 Å². The van der Waals surface area contributed by atoms with Crippen LogP contribution in [0.15, 0.2) is 42.6 Å². The summed E-state index contributed by atoms with van der Waals surface area (Å²) in [6.07, 6.45) is 1.77. The van der Waals surface area contributed by atoms with Crippen LogP contribution in [0.3, 0.4) is 0 Å². The third-order valence-corrected chi connectivity index (χ3v) is 3.16. The van der Waals surface area contributed by atoms with Crippen LogP contribution in [0.2, 0.25) is 0 Å². The van der Waals surface area contributed by atoms with Crippen molar-refractivity contribution < 1.29 is 0 Å². The maximum Gasteiger partial charge on any atom is 0.128 e. The van der Waals surface area contributed by atoms with E-state index in [1.54, 1.807) is 12.3 Å². The van der Waals surface area contributed by atoms with Crippen molar-refractivity contribution >= 4 is 5.82 Å². The van der Waals surface area contributed by atoms with E-state index in [0.717, 1.165) is 16.9 Å². The van der Waals surface area contributed by atoms with Gasteiger partial charge in [0.05, 0.1) is 11.6 Å². The van der Waals surface area contributed by atoms with Gasteiger partial charge in [0.1, 0.15) is 5.82 Å². The Bertz CT molecular complexity index is 628. The number of nitriles is 1. The van der Waals surface area contributed by atoms with Gasteiger partial charge in [-0.1, -0.05) is 12.1 Å². The smallest absolute Gasteiger partial charge is 0.128 e. The molecule has 0 spiro atoms. The van der Waals surface area contributed by atoms with E-state index in [1.807, 2.05) is 49.2 Å². The molecule has 0 saturated carbocycles. The molecule has 0 fully saturated rings. The molecule has 0 aliphatic rings. The first-order valence-corrected chi connectivity index (χ1v) is 6.52. The highest BCUT2D eigenvalue weighted by atomic mass is 15.2. The van der Waals surface area contributed by atoms with Gasteiger partial charge in [0.15, 0.2) is 0 Å². The number of rotatable bonds is 4. The third-order valence-electron chi connectivity index (χ3n) is 3.16. The molecule has 20 heavy (non-hydrogen) atoms. The van der Waals surface area contributed by atoms with Crippen molar-refractivity contribution in [2.45, 2.75) is 19.5 Å².